The molecular weight excluding hydrogens is 228 g/mol. The molecule has 4 nitrogen and oxygen atoms in total. The number of methoxy groups -OCH3 is 1. The molecule has 0 fully saturated rings. The van der Waals surface area contributed by atoms with Crippen molar-refractivity contribution in [2.75, 3.05) is 7.11 Å². The smallest absolute Gasteiger partial charge is 0.257 e. The predicted octanol–water partition coefficient (Wildman–Crippen LogP) is 2.27. The number of ether oxygens (including phenoxy) is 1. The average Bonchev–Trinajstić information content (AvgIpc) is 2.14. The Morgan fingerprint density at radius 3 is 2.56 bits per heavy atom. The van der Waals surface area contributed by atoms with Crippen molar-refractivity contribution in [3.63, 3.8) is 0 Å². The molecule has 5 heteroatoms. The minimum absolute atomic E-state index is 0.228. The molecule has 0 unspecified atom stereocenters. The van der Waals surface area contributed by atoms with E-state index < -0.39 is 0 Å². The van der Waals surface area contributed by atoms with Crippen molar-refractivity contribution in [1.29, 1.82) is 0 Å². The summed E-state index contributed by atoms with van der Waals surface area (Å²) in [6.07, 6.45) is 0. The quantitative estimate of drug-likeness (QED) is 0.810. The maximum Gasteiger partial charge on any atom is 0.257 e. The lowest BCUT2D eigenvalue weighted by Gasteiger charge is -2.20. The molecule has 0 aliphatic heterocycles. The fourth-order valence-electron chi connectivity index (χ4n) is 1.15. The number of pyridine rings is 1. The Hall–Kier alpha value is -1.29. The van der Waals surface area contributed by atoms with Crippen molar-refractivity contribution in [2.24, 2.45) is 0 Å². The summed E-state index contributed by atoms with van der Waals surface area (Å²) in [4.78, 5) is 15.8. The van der Waals surface area contributed by atoms with Crippen LogP contribution in [0, 0.1) is 0 Å². The summed E-state index contributed by atoms with van der Waals surface area (Å²) in [5.41, 5.74) is 0.0729. The number of nitrogens with one attached hydrogen (secondary N) is 1. The molecule has 0 aromatic carbocycles. The summed E-state index contributed by atoms with van der Waals surface area (Å²) in [7, 11) is 1.45. The summed E-state index contributed by atoms with van der Waals surface area (Å²) in [6, 6.07) is 3.15. The van der Waals surface area contributed by atoms with Crippen LogP contribution in [0.5, 0.6) is 5.88 Å². The van der Waals surface area contributed by atoms with Crippen LogP contribution in [0.2, 0.25) is 5.15 Å². The lowest BCUT2D eigenvalue weighted by molar-refractivity contribution is 0.0915. The average molecular weight is 243 g/mol. The highest BCUT2D eigenvalue weighted by atomic mass is 35.5. The van der Waals surface area contributed by atoms with Gasteiger partial charge in [0.2, 0.25) is 5.88 Å². The SMILES string of the molecule is COc1nc(Cl)ccc1C(=O)NC(C)(C)C. The maximum atomic E-state index is 11.9. The van der Waals surface area contributed by atoms with Crippen LogP contribution in [-0.2, 0) is 0 Å². The summed E-state index contributed by atoms with van der Waals surface area (Å²) < 4.78 is 5.01. The van der Waals surface area contributed by atoms with Crippen LogP contribution in [-0.4, -0.2) is 23.5 Å². The molecule has 0 aliphatic rings. The van der Waals surface area contributed by atoms with Crippen molar-refractivity contribution >= 4 is 17.5 Å². The lowest BCUT2D eigenvalue weighted by Crippen LogP contribution is -2.40. The molecule has 1 amide bonds. The first-order chi connectivity index (χ1) is 7.33. The van der Waals surface area contributed by atoms with E-state index in [4.69, 9.17) is 16.3 Å². The van der Waals surface area contributed by atoms with Gasteiger partial charge in [-0.05, 0) is 32.9 Å². The molecule has 0 bridgehead atoms. The number of hydrogen-bond acceptors (Lipinski definition) is 3. The zero-order valence-corrected chi connectivity index (χ0v) is 10.6. The van der Waals surface area contributed by atoms with Gasteiger partial charge in [-0.15, -0.1) is 0 Å². The van der Waals surface area contributed by atoms with Gasteiger partial charge in [0, 0.05) is 5.54 Å². The van der Waals surface area contributed by atoms with Crippen LogP contribution in [0.3, 0.4) is 0 Å². The van der Waals surface area contributed by atoms with Crippen LogP contribution in [0.1, 0.15) is 31.1 Å². The Morgan fingerprint density at radius 2 is 2.06 bits per heavy atom. The van der Waals surface area contributed by atoms with Gasteiger partial charge in [-0.2, -0.15) is 0 Å². The van der Waals surface area contributed by atoms with E-state index >= 15 is 0 Å². The molecule has 0 atom stereocenters. The van der Waals surface area contributed by atoms with Gasteiger partial charge in [0.05, 0.1) is 7.11 Å². The number of halogens is 1. The fraction of sp³-hybridized carbons (Fsp3) is 0.455. The molecule has 16 heavy (non-hydrogen) atoms. The first-order valence-electron chi connectivity index (χ1n) is 4.86. The van der Waals surface area contributed by atoms with E-state index in [1.165, 1.54) is 7.11 Å². The number of nitrogens with zero attached hydrogens (tertiary/aromatic N) is 1. The van der Waals surface area contributed by atoms with Crippen LogP contribution in [0.4, 0.5) is 0 Å². The van der Waals surface area contributed by atoms with E-state index in [0.717, 1.165) is 0 Å². The van der Waals surface area contributed by atoms with E-state index in [0.29, 0.717) is 10.7 Å². The summed E-state index contributed by atoms with van der Waals surface area (Å²) in [6.45, 7) is 5.71. The normalized spacial score (nSPS) is 11.1. The van der Waals surface area contributed by atoms with Gasteiger partial charge < -0.3 is 10.1 Å². The second-order valence-corrected chi connectivity index (χ2v) is 4.78. The Labute approximate surface area is 100.0 Å². The summed E-state index contributed by atoms with van der Waals surface area (Å²) in [5.74, 6) is 0.00256. The van der Waals surface area contributed by atoms with E-state index in [1.54, 1.807) is 12.1 Å². The third-order valence-corrected chi connectivity index (χ3v) is 1.96. The predicted molar refractivity (Wildman–Crippen MR) is 63.0 cm³/mol. The highest BCUT2D eigenvalue weighted by molar-refractivity contribution is 6.29. The van der Waals surface area contributed by atoms with E-state index in [9.17, 15) is 4.79 Å². The second kappa shape index (κ2) is 4.70. The van der Waals surface area contributed by atoms with Crippen molar-refractivity contribution in [1.82, 2.24) is 10.3 Å². The van der Waals surface area contributed by atoms with Crippen LogP contribution >= 0.6 is 11.6 Å². The Balaban J connectivity index is 2.99. The minimum Gasteiger partial charge on any atom is -0.480 e. The van der Waals surface area contributed by atoms with Crippen molar-refractivity contribution < 1.29 is 9.53 Å². The first-order valence-corrected chi connectivity index (χ1v) is 5.24. The molecular formula is C11H15ClN2O2. The molecule has 0 radical (unpaired) electrons. The van der Waals surface area contributed by atoms with Crippen LogP contribution in [0.15, 0.2) is 12.1 Å². The fourth-order valence-corrected chi connectivity index (χ4v) is 1.29. The van der Waals surface area contributed by atoms with Gasteiger partial charge in [0.25, 0.3) is 5.91 Å². The summed E-state index contributed by atoms with van der Waals surface area (Å²) in [5, 5.41) is 3.12. The molecule has 1 rings (SSSR count). The molecule has 1 aromatic rings. The largest absolute Gasteiger partial charge is 0.480 e. The van der Waals surface area contributed by atoms with Crippen LogP contribution < -0.4 is 10.1 Å². The topological polar surface area (TPSA) is 51.2 Å². The maximum absolute atomic E-state index is 11.9. The standard InChI is InChI=1S/C11H15ClN2O2/c1-11(2,3)14-9(15)7-5-6-8(12)13-10(7)16-4/h5-6H,1-4H3,(H,14,15). The van der Waals surface area contributed by atoms with Crippen molar-refractivity contribution in [3.05, 3.63) is 22.8 Å². The van der Waals surface area contributed by atoms with Crippen molar-refractivity contribution in [2.45, 2.75) is 26.3 Å². The number of carbonyl (C=O) groups is 1. The minimum atomic E-state index is -0.304. The number of amides is 1. The van der Waals surface area contributed by atoms with Gasteiger partial charge in [-0.3, -0.25) is 4.79 Å². The zero-order chi connectivity index (χ0) is 12.3. The Morgan fingerprint density at radius 1 is 1.44 bits per heavy atom. The van der Waals surface area contributed by atoms with Gasteiger partial charge in [-0.1, -0.05) is 11.6 Å². The molecule has 0 spiro atoms. The third-order valence-electron chi connectivity index (χ3n) is 1.75. The molecule has 0 aliphatic carbocycles. The number of rotatable bonds is 2. The number of carbonyl (C=O) groups excluding carboxylic acids is 1. The Bertz CT molecular complexity index is 399. The van der Waals surface area contributed by atoms with Gasteiger partial charge in [-0.25, -0.2) is 4.98 Å². The first kappa shape index (κ1) is 12.8. The number of hydrogen-bond donors (Lipinski definition) is 1. The number of aromatic nitrogens is 1. The third kappa shape index (κ3) is 3.38. The van der Waals surface area contributed by atoms with E-state index in [2.05, 4.69) is 10.3 Å². The zero-order valence-electron chi connectivity index (χ0n) is 9.80. The molecule has 88 valence electrons. The van der Waals surface area contributed by atoms with Gasteiger partial charge in [0.15, 0.2) is 0 Å². The molecule has 0 saturated heterocycles. The van der Waals surface area contributed by atoms with Gasteiger partial charge >= 0.3 is 0 Å². The summed E-state index contributed by atoms with van der Waals surface area (Å²) >= 11 is 5.71. The van der Waals surface area contributed by atoms with Crippen LogP contribution in [0.25, 0.3) is 0 Å². The molecule has 1 heterocycles. The second-order valence-electron chi connectivity index (χ2n) is 4.39. The molecule has 1 N–H and O–H groups in total. The lowest BCUT2D eigenvalue weighted by atomic mass is 10.1. The molecule has 0 saturated carbocycles. The van der Waals surface area contributed by atoms with E-state index in [1.807, 2.05) is 20.8 Å². The highest BCUT2D eigenvalue weighted by Crippen LogP contribution is 2.19. The monoisotopic (exact) mass is 242 g/mol. The molecule has 1 aromatic heterocycles. The van der Waals surface area contributed by atoms with Gasteiger partial charge in [0.1, 0.15) is 10.7 Å². The highest BCUT2D eigenvalue weighted by Gasteiger charge is 2.19. The van der Waals surface area contributed by atoms with E-state index in [-0.39, 0.29) is 17.3 Å². The Kier molecular flexibility index (Phi) is 3.75. The van der Waals surface area contributed by atoms with Crippen molar-refractivity contribution in [3.8, 4) is 5.88 Å².